The molecule has 0 aliphatic carbocycles. The van der Waals surface area contributed by atoms with Gasteiger partial charge in [0.25, 0.3) is 5.91 Å². The first-order valence-corrected chi connectivity index (χ1v) is 6.49. The zero-order valence-corrected chi connectivity index (χ0v) is 11.6. The Balaban J connectivity index is 2.01. The summed E-state index contributed by atoms with van der Waals surface area (Å²) in [7, 11) is 0. The molecule has 0 saturated carbocycles. The SMILES string of the molecule is C[C@@H](O)C(=O)N/N=C\c1cccc(Oc2ccccc2)c1. The van der Waals surface area contributed by atoms with E-state index in [0.717, 1.165) is 11.3 Å². The topological polar surface area (TPSA) is 70.9 Å². The molecule has 108 valence electrons. The van der Waals surface area contributed by atoms with Gasteiger partial charge in [0.2, 0.25) is 0 Å². The lowest BCUT2D eigenvalue weighted by molar-refractivity contribution is -0.128. The van der Waals surface area contributed by atoms with Gasteiger partial charge in [-0.3, -0.25) is 4.79 Å². The number of hydrogen-bond donors (Lipinski definition) is 2. The first-order valence-electron chi connectivity index (χ1n) is 6.49. The average Bonchev–Trinajstić information content (AvgIpc) is 2.48. The van der Waals surface area contributed by atoms with E-state index in [9.17, 15) is 4.79 Å². The van der Waals surface area contributed by atoms with E-state index in [1.54, 1.807) is 6.07 Å². The molecule has 2 aromatic rings. The van der Waals surface area contributed by atoms with Crippen molar-refractivity contribution in [1.29, 1.82) is 0 Å². The molecule has 21 heavy (non-hydrogen) atoms. The number of aliphatic hydroxyl groups is 1. The normalized spacial score (nSPS) is 12.1. The number of carbonyl (C=O) groups is 1. The Morgan fingerprint density at radius 2 is 1.90 bits per heavy atom. The van der Waals surface area contributed by atoms with Gasteiger partial charge in [-0.1, -0.05) is 30.3 Å². The molecular weight excluding hydrogens is 268 g/mol. The second kappa shape index (κ2) is 7.21. The number of ether oxygens (including phenoxy) is 1. The van der Waals surface area contributed by atoms with Gasteiger partial charge in [0, 0.05) is 0 Å². The fraction of sp³-hybridized carbons (Fsp3) is 0.125. The fourth-order valence-electron chi connectivity index (χ4n) is 1.55. The molecule has 0 heterocycles. The van der Waals surface area contributed by atoms with Gasteiger partial charge < -0.3 is 9.84 Å². The molecule has 0 aliphatic heterocycles. The Morgan fingerprint density at radius 1 is 1.19 bits per heavy atom. The quantitative estimate of drug-likeness (QED) is 0.654. The van der Waals surface area contributed by atoms with E-state index in [1.807, 2.05) is 48.5 Å². The van der Waals surface area contributed by atoms with Crippen LogP contribution in [0, 0.1) is 0 Å². The van der Waals surface area contributed by atoms with Crippen LogP contribution in [-0.4, -0.2) is 23.3 Å². The van der Waals surface area contributed by atoms with Gasteiger partial charge in [-0.15, -0.1) is 0 Å². The smallest absolute Gasteiger partial charge is 0.268 e. The molecule has 0 aliphatic rings. The van der Waals surface area contributed by atoms with Crippen LogP contribution in [0.15, 0.2) is 59.7 Å². The number of rotatable bonds is 5. The number of carbonyl (C=O) groups excluding carboxylic acids is 1. The minimum absolute atomic E-state index is 0.553. The second-order valence-corrected chi connectivity index (χ2v) is 4.40. The summed E-state index contributed by atoms with van der Waals surface area (Å²) in [5, 5.41) is 12.8. The molecule has 0 saturated heterocycles. The summed E-state index contributed by atoms with van der Waals surface area (Å²) < 4.78 is 5.70. The summed E-state index contributed by atoms with van der Waals surface area (Å²) in [5.74, 6) is 0.865. The highest BCUT2D eigenvalue weighted by Gasteiger charge is 2.05. The number of nitrogens with zero attached hydrogens (tertiary/aromatic N) is 1. The maximum atomic E-state index is 11.1. The molecule has 0 spiro atoms. The van der Waals surface area contributed by atoms with E-state index in [4.69, 9.17) is 9.84 Å². The first kappa shape index (κ1) is 14.7. The molecule has 5 heteroatoms. The molecule has 0 radical (unpaired) electrons. The summed E-state index contributed by atoms with van der Waals surface area (Å²) in [6.07, 6.45) is 0.396. The maximum absolute atomic E-state index is 11.1. The standard InChI is InChI=1S/C16H16N2O3/c1-12(19)16(20)18-17-11-13-6-5-9-15(10-13)21-14-7-3-2-4-8-14/h2-12,19H,1H3,(H,18,20)/b17-11-/t12-/m1/s1. The molecule has 0 fully saturated rings. The number of hydrazone groups is 1. The average molecular weight is 284 g/mol. The lowest BCUT2D eigenvalue weighted by atomic mass is 10.2. The zero-order valence-electron chi connectivity index (χ0n) is 11.6. The van der Waals surface area contributed by atoms with E-state index in [0.29, 0.717) is 5.75 Å². The number of hydrogen-bond acceptors (Lipinski definition) is 4. The van der Waals surface area contributed by atoms with Crippen LogP contribution >= 0.6 is 0 Å². The van der Waals surface area contributed by atoms with Crippen molar-refractivity contribution < 1.29 is 14.6 Å². The zero-order chi connectivity index (χ0) is 15.1. The summed E-state index contributed by atoms with van der Waals surface area (Å²) >= 11 is 0. The first-order chi connectivity index (χ1) is 10.1. The van der Waals surface area contributed by atoms with E-state index in [1.165, 1.54) is 13.1 Å². The molecule has 1 amide bonds. The van der Waals surface area contributed by atoms with Crippen molar-refractivity contribution in [1.82, 2.24) is 5.43 Å². The van der Waals surface area contributed by atoms with Crippen molar-refractivity contribution >= 4 is 12.1 Å². The Hall–Kier alpha value is -2.66. The van der Waals surface area contributed by atoms with Crippen molar-refractivity contribution in [3.8, 4) is 11.5 Å². The summed E-state index contributed by atoms with van der Waals surface area (Å²) in [4.78, 5) is 11.1. The Bertz CT molecular complexity index is 624. The van der Waals surface area contributed by atoms with Crippen molar-refractivity contribution in [2.24, 2.45) is 5.10 Å². The van der Waals surface area contributed by atoms with Crippen LogP contribution in [0.3, 0.4) is 0 Å². The molecule has 5 nitrogen and oxygen atoms in total. The van der Waals surface area contributed by atoms with Crippen molar-refractivity contribution in [2.45, 2.75) is 13.0 Å². The molecule has 2 aromatic carbocycles. The lowest BCUT2D eigenvalue weighted by Crippen LogP contribution is -2.28. The predicted molar refractivity (Wildman–Crippen MR) is 80.4 cm³/mol. The molecule has 0 unspecified atom stereocenters. The summed E-state index contributed by atoms with van der Waals surface area (Å²) in [6.45, 7) is 1.37. The third-order valence-corrected chi connectivity index (χ3v) is 2.60. The molecule has 2 N–H and O–H groups in total. The maximum Gasteiger partial charge on any atom is 0.268 e. The van der Waals surface area contributed by atoms with Crippen molar-refractivity contribution in [3.63, 3.8) is 0 Å². The minimum atomic E-state index is -1.09. The van der Waals surface area contributed by atoms with Crippen LogP contribution in [0.1, 0.15) is 12.5 Å². The van der Waals surface area contributed by atoms with Crippen molar-refractivity contribution in [3.05, 3.63) is 60.2 Å². The van der Waals surface area contributed by atoms with Gasteiger partial charge in [0.05, 0.1) is 6.21 Å². The van der Waals surface area contributed by atoms with E-state index in [-0.39, 0.29) is 0 Å². The minimum Gasteiger partial charge on any atom is -0.457 e. The van der Waals surface area contributed by atoms with E-state index < -0.39 is 12.0 Å². The van der Waals surface area contributed by atoms with Crippen LogP contribution in [0.5, 0.6) is 11.5 Å². The number of para-hydroxylation sites is 1. The van der Waals surface area contributed by atoms with Gasteiger partial charge >= 0.3 is 0 Å². The Kier molecular flexibility index (Phi) is 5.06. The van der Waals surface area contributed by atoms with Crippen molar-refractivity contribution in [2.75, 3.05) is 0 Å². The largest absolute Gasteiger partial charge is 0.457 e. The van der Waals surface area contributed by atoms with E-state index in [2.05, 4.69) is 10.5 Å². The van der Waals surface area contributed by atoms with Crippen LogP contribution in [-0.2, 0) is 4.79 Å². The highest BCUT2D eigenvalue weighted by molar-refractivity contribution is 5.84. The van der Waals surface area contributed by atoms with Gasteiger partial charge in [-0.2, -0.15) is 5.10 Å². The number of amides is 1. The Morgan fingerprint density at radius 3 is 2.62 bits per heavy atom. The molecule has 1 atom stereocenters. The predicted octanol–water partition coefficient (Wildman–Crippen LogP) is 2.31. The number of benzene rings is 2. The molecule has 0 aromatic heterocycles. The highest BCUT2D eigenvalue weighted by atomic mass is 16.5. The van der Waals surface area contributed by atoms with Crippen LogP contribution in [0.2, 0.25) is 0 Å². The van der Waals surface area contributed by atoms with Gasteiger partial charge in [-0.05, 0) is 36.8 Å². The molecular formula is C16H16N2O3. The van der Waals surface area contributed by atoms with E-state index >= 15 is 0 Å². The summed E-state index contributed by atoms with van der Waals surface area (Å²) in [5.41, 5.74) is 3.01. The molecule has 0 bridgehead atoms. The molecule has 2 rings (SSSR count). The fourth-order valence-corrected chi connectivity index (χ4v) is 1.55. The van der Waals surface area contributed by atoms with Gasteiger partial charge in [0.15, 0.2) is 0 Å². The van der Waals surface area contributed by atoms with Crippen LogP contribution < -0.4 is 10.2 Å². The number of aliphatic hydroxyl groups excluding tert-OH is 1. The van der Waals surface area contributed by atoms with Crippen LogP contribution in [0.4, 0.5) is 0 Å². The third-order valence-electron chi connectivity index (χ3n) is 2.60. The second-order valence-electron chi connectivity index (χ2n) is 4.40. The lowest BCUT2D eigenvalue weighted by Gasteiger charge is -2.06. The number of nitrogens with one attached hydrogen (secondary N) is 1. The van der Waals surface area contributed by atoms with Gasteiger partial charge in [0.1, 0.15) is 17.6 Å². The van der Waals surface area contributed by atoms with Crippen LogP contribution in [0.25, 0.3) is 0 Å². The summed E-state index contributed by atoms with van der Waals surface area (Å²) in [6, 6.07) is 16.7. The van der Waals surface area contributed by atoms with Gasteiger partial charge in [-0.25, -0.2) is 5.43 Å². The monoisotopic (exact) mass is 284 g/mol. The Labute approximate surface area is 122 Å². The highest BCUT2D eigenvalue weighted by Crippen LogP contribution is 2.21. The third kappa shape index (κ3) is 4.74.